The summed E-state index contributed by atoms with van der Waals surface area (Å²) in [5, 5.41) is 0. The number of halogens is 2. The molecule has 0 atom stereocenters. The van der Waals surface area contributed by atoms with Crippen molar-refractivity contribution in [2.45, 2.75) is 7.43 Å². The first-order valence-corrected chi connectivity index (χ1v) is 0. The fraction of sp³-hybridized carbons (Fsp3) is 1.00. The summed E-state index contributed by atoms with van der Waals surface area (Å²) < 4.78 is 0. The molecule has 0 aromatic heterocycles. The summed E-state index contributed by atoms with van der Waals surface area (Å²) in [7, 11) is 0. The Hall–Kier alpha value is 1.10. The van der Waals surface area contributed by atoms with Gasteiger partial charge >= 0.3 is 17.1 Å². The van der Waals surface area contributed by atoms with Gasteiger partial charge < -0.3 is 24.8 Å². The predicted molar refractivity (Wildman–Crippen MR) is 6.73 cm³/mol. The van der Waals surface area contributed by atoms with Crippen LogP contribution in [0.5, 0.6) is 0 Å². The molecule has 0 rings (SSSR count). The summed E-state index contributed by atoms with van der Waals surface area (Å²) in [6.07, 6.45) is 0. The maximum atomic E-state index is 0. The van der Waals surface area contributed by atoms with Crippen LogP contribution in [-0.4, -0.2) is 0 Å². The molecule has 0 N–H and O–H groups in total. The van der Waals surface area contributed by atoms with Crippen LogP contribution in [0.25, 0.3) is 0 Å². The maximum Gasteiger partial charge on any atom is 2.00 e. The molecule has 29 valence electrons. The standard InChI is InChI=1S/CH4.2ClH.Mn/h1H4;2*1H;/q;;;+2/p-2. The zero-order valence-corrected chi connectivity index (χ0v) is 3.83. The minimum Gasteiger partial charge on any atom is -1.00 e. The van der Waals surface area contributed by atoms with Crippen LogP contribution in [0.1, 0.15) is 7.43 Å². The van der Waals surface area contributed by atoms with Gasteiger partial charge in [0.1, 0.15) is 0 Å². The first-order valence-electron chi connectivity index (χ1n) is 0. The molecule has 0 aliphatic heterocycles. The smallest absolute Gasteiger partial charge is 1.00 e. The van der Waals surface area contributed by atoms with Gasteiger partial charge in [0.25, 0.3) is 0 Å². The molecule has 0 spiro atoms. The van der Waals surface area contributed by atoms with Gasteiger partial charge in [-0.15, -0.1) is 0 Å². The van der Waals surface area contributed by atoms with Crippen molar-refractivity contribution >= 4 is 0 Å². The van der Waals surface area contributed by atoms with Gasteiger partial charge in [0.15, 0.2) is 0 Å². The molecule has 4 heavy (non-hydrogen) atoms. The molecule has 3 heteroatoms. The fourth-order valence-corrected chi connectivity index (χ4v) is 0. The second-order valence-electron chi connectivity index (χ2n) is 0. The molecule has 0 nitrogen and oxygen atoms in total. The quantitative estimate of drug-likeness (QED) is 0.296. The fourth-order valence-electron chi connectivity index (χ4n) is 0. The van der Waals surface area contributed by atoms with Gasteiger partial charge in [0.05, 0.1) is 0 Å². The summed E-state index contributed by atoms with van der Waals surface area (Å²) in [5.74, 6) is 0. The molecule has 1 radical (unpaired) electrons. The molecule has 0 aromatic carbocycles. The average Bonchev–Trinajstić information content (AvgIpc) is 0. The van der Waals surface area contributed by atoms with Gasteiger partial charge in [0, 0.05) is 0 Å². The van der Waals surface area contributed by atoms with Crippen LogP contribution in [0.4, 0.5) is 0 Å². The average molecular weight is 142 g/mol. The van der Waals surface area contributed by atoms with E-state index >= 15 is 0 Å². The molecule has 0 aliphatic rings. The molecule has 0 bridgehead atoms. The van der Waals surface area contributed by atoms with Crippen molar-refractivity contribution in [1.82, 2.24) is 0 Å². The summed E-state index contributed by atoms with van der Waals surface area (Å²) >= 11 is 0. The van der Waals surface area contributed by atoms with E-state index in [4.69, 9.17) is 0 Å². The van der Waals surface area contributed by atoms with E-state index in [9.17, 15) is 0 Å². The maximum absolute atomic E-state index is 0. The van der Waals surface area contributed by atoms with E-state index < -0.39 is 0 Å². The van der Waals surface area contributed by atoms with E-state index in [1.54, 1.807) is 0 Å². The Morgan fingerprint density at radius 1 is 0.750 bits per heavy atom. The molecule has 0 aliphatic carbocycles. The topological polar surface area (TPSA) is 0 Å². The van der Waals surface area contributed by atoms with Crippen molar-refractivity contribution in [2.75, 3.05) is 0 Å². The van der Waals surface area contributed by atoms with Gasteiger partial charge in [-0.3, -0.25) is 0 Å². The Morgan fingerprint density at radius 3 is 0.750 bits per heavy atom. The van der Waals surface area contributed by atoms with Crippen LogP contribution < -0.4 is 24.8 Å². The second-order valence-corrected chi connectivity index (χ2v) is 0. The largest absolute Gasteiger partial charge is 2.00 e. The summed E-state index contributed by atoms with van der Waals surface area (Å²) in [6, 6.07) is 0. The van der Waals surface area contributed by atoms with Crippen molar-refractivity contribution < 1.29 is 41.9 Å². The number of hydrogen-bond donors (Lipinski definition) is 0. The van der Waals surface area contributed by atoms with Gasteiger partial charge in [0.2, 0.25) is 0 Å². The minimum atomic E-state index is 0. The molecule has 0 unspecified atom stereocenters. The van der Waals surface area contributed by atoms with Crippen LogP contribution in [-0.2, 0) is 17.1 Å². The molecule has 0 saturated heterocycles. The van der Waals surface area contributed by atoms with Crippen LogP contribution in [0.2, 0.25) is 0 Å². The van der Waals surface area contributed by atoms with Crippen molar-refractivity contribution in [2.24, 2.45) is 0 Å². The Bertz CT molecular complexity index is 6.00. The molecular formula is CH4Cl2Mn. The van der Waals surface area contributed by atoms with Gasteiger partial charge in [-0.1, -0.05) is 7.43 Å². The van der Waals surface area contributed by atoms with Crippen molar-refractivity contribution in [3.63, 3.8) is 0 Å². The third-order valence-electron chi connectivity index (χ3n) is 0. The Labute approximate surface area is 49.6 Å². The molecule has 0 fully saturated rings. The van der Waals surface area contributed by atoms with Crippen LogP contribution >= 0.6 is 0 Å². The van der Waals surface area contributed by atoms with Crippen molar-refractivity contribution in [1.29, 1.82) is 0 Å². The van der Waals surface area contributed by atoms with Crippen LogP contribution in [0.3, 0.4) is 0 Å². The number of rotatable bonds is 0. The van der Waals surface area contributed by atoms with E-state index in [2.05, 4.69) is 0 Å². The first-order chi connectivity index (χ1) is 0. The Balaban J connectivity index is 0. The molecular weight excluding hydrogens is 138 g/mol. The zero-order chi connectivity index (χ0) is 0. The van der Waals surface area contributed by atoms with E-state index in [1.165, 1.54) is 0 Å². The normalized spacial score (nSPS) is 0. The Kier molecular flexibility index (Phi) is 577. The third-order valence-corrected chi connectivity index (χ3v) is 0. The van der Waals surface area contributed by atoms with Crippen LogP contribution in [0, 0.1) is 0 Å². The summed E-state index contributed by atoms with van der Waals surface area (Å²) in [6.45, 7) is 0. The van der Waals surface area contributed by atoms with E-state index in [1.807, 2.05) is 0 Å². The van der Waals surface area contributed by atoms with Gasteiger partial charge in [-0.25, -0.2) is 0 Å². The summed E-state index contributed by atoms with van der Waals surface area (Å²) in [4.78, 5) is 0. The number of hydrogen-bond acceptors (Lipinski definition) is 0. The molecule has 0 saturated carbocycles. The molecule has 0 aromatic rings. The van der Waals surface area contributed by atoms with Gasteiger partial charge in [-0.05, 0) is 0 Å². The van der Waals surface area contributed by atoms with E-state index in [0.717, 1.165) is 0 Å². The van der Waals surface area contributed by atoms with E-state index in [0.29, 0.717) is 0 Å². The first kappa shape index (κ1) is 70.9. The zero-order valence-electron chi connectivity index (χ0n) is 1.13. The summed E-state index contributed by atoms with van der Waals surface area (Å²) in [5.41, 5.74) is 0. The van der Waals surface area contributed by atoms with Crippen molar-refractivity contribution in [3.8, 4) is 0 Å². The monoisotopic (exact) mass is 141 g/mol. The van der Waals surface area contributed by atoms with E-state index in [-0.39, 0.29) is 49.3 Å². The third kappa shape index (κ3) is 11.3. The van der Waals surface area contributed by atoms with Crippen molar-refractivity contribution in [3.05, 3.63) is 0 Å². The van der Waals surface area contributed by atoms with Crippen LogP contribution in [0.15, 0.2) is 0 Å². The predicted octanol–water partition coefficient (Wildman–Crippen LogP) is -5.36. The minimum absolute atomic E-state index is 0. The molecule has 0 amide bonds. The Morgan fingerprint density at radius 2 is 0.750 bits per heavy atom. The second kappa shape index (κ2) is 32.6. The van der Waals surface area contributed by atoms with Gasteiger partial charge in [-0.2, -0.15) is 0 Å². The SMILES string of the molecule is C.[Cl-].[Cl-].[Mn+2]. The molecule has 0 heterocycles.